The highest BCUT2D eigenvalue weighted by Crippen LogP contribution is 2.26. The second-order valence-corrected chi connectivity index (χ2v) is 5.92. The molecule has 0 aliphatic carbocycles. The Balaban J connectivity index is 1.75. The monoisotopic (exact) mass is 320 g/mol. The highest BCUT2D eigenvalue weighted by atomic mass is 16.5. The molecule has 0 atom stereocenters. The minimum absolute atomic E-state index is 0.253. The summed E-state index contributed by atoms with van der Waals surface area (Å²) in [6, 6.07) is 9.92. The number of aryl methyl sites for hydroxylation is 1. The Bertz CT molecular complexity index is 1020. The maximum atomic E-state index is 5.41. The quantitative estimate of drug-likeness (QED) is 0.575. The molecule has 4 rings (SSSR count). The molecule has 0 unspecified atom stereocenters. The van der Waals surface area contributed by atoms with E-state index in [1.807, 2.05) is 41.9 Å². The lowest BCUT2D eigenvalue weighted by molar-refractivity contribution is 0.432. The molecule has 7 heteroatoms. The predicted octanol–water partition coefficient (Wildman–Crippen LogP) is 3.43. The zero-order valence-electron chi connectivity index (χ0n) is 13.6. The summed E-state index contributed by atoms with van der Waals surface area (Å²) in [7, 11) is 0. The lowest BCUT2D eigenvalue weighted by atomic mass is 10.2. The molecule has 24 heavy (non-hydrogen) atoms. The van der Waals surface area contributed by atoms with Crippen LogP contribution in [0.3, 0.4) is 0 Å². The van der Waals surface area contributed by atoms with E-state index in [1.165, 1.54) is 0 Å². The Morgan fingerprint density at radius 3 is 2.83 bits per heavy atom. The highest BCUT2D eigenvalue weighted by Gasteiger charge is 2.15. The molecular weight excluding hydrogens is 304 g/mol. The lowest BCUT2D eigenvalue weighted by Gasteiger charge is -2.04. The van der Waals surface area contributed by atoms with E-state index in [-0.39, 0.29) is 6.04 Å². The molecule has 0 radical (unpaired) electrons. The van der Waals surface area contributed by atoms with Gasteiger partial charge < -0.3 is 4.52 Å². The van der Waals surface area contributed by atoms with Crippen molar-refractivity contribution in [2.24, 2.45) is 0 Å². The molecule has 0 amide bonds. The molecule has 1 aromatic carbocycles. The van der Waals surface area contributed by atoms with Gasteiger partial charge in [0.25, 0.3) is 5.89 Å². The number of fused-ring (bicyclic) bond motifs is 1. The molecule has 0 spiro atoms. The maximum absolute atomic E-state index is 5.41. The van der Waals surface area contributed by atoms with Crippen molar-refractivity contribution in [3.05, 3.63) is 42.1 Å². The lowest BCUT2D eigenvalue weighted by Crippen LogP contribution is -2.02. The van der Waals surface area contributed by atoms with Crippen LogP contribution in [0.15, 0.2) is 41.1 Å². The molecular formula is C17H16N6O. The second-order valence-electron chi connectivity index (χ2n) is 5.92. The van der Waals surface area contributed by atoms with Crippen LogP contribution in [-0.4, -0.2) is 30.1 Å². The van der Waals surface area contributed by atoms with Gasteiger partial charge in [0, 0.05) is 17.8 Å². The zero-order valence-corrected chi connectivity index (χ0v) is 13.6. The maximum Gasteiger partial charge on any atom is 0.258 e. The molecule has 0 aliphatic rings. The molecule has 7 nitrogen and oxygen atoms in total. The van der Waals surface area contributed by atoms with Gasteiger partial charge in [-0.3, -0.25) is 4.98 Å². The van der Waals surface area contributed by atoms with E-state index in [2.05, 4.69) is 39.3 Å². The Morgan fingerprint density at radius 1 is 1.17 bits per heavy atom. The first-order valence-corrected chi connectivity index (χ1v) is 7.74. The topological polar surface area (TPSA) is 82.5 Å². The number of nitrogens with zero attached hydrogens (tertiary/aromatic N) is 6. The van der Waals surface area contributed by atoms with Crippen LogP contribution in [0.25, 0.3) is 34.0 Å². The average molecular weight is 320 g/mol. The summed E-state index contributed by atoms with van der Waals surface area (Å²) in [6.07, 6.45) is 1.72. The SMILES string of the molecule is Cc1cccnc1-c1noc(-c2ccc3c(c2)nnn3C(C)C)n1. The van der Waals surface area contributed by atoms with Crippen LogP contribution in [0, 0.1) is 6.92 Å². The first kappa shape index (κ1) is 14.5. The Morgan fingerprint density at radius 2 is 2.04 bits per heavy atom. The van der Waals surface area contributed by atoms with Gasteiger partial charge in [0.15, 0.2) is 0 Å². The van der Waals surface area contributed by atoms with Crippen LogP contribution in [0.1, 0.15) is 25.5 Å². The van der Waals surface area contributed by atoms with Gasteiger partial charge in [-0.1, -0.05) is 16.4 Å². The first-order valence-electron chi connectivity index (χ1n) is 7.74. The number of pyridine rings is 1. The van der Waals surface area contributed by atoms with Crippen molar-refractivity contribution in [2.45, 2.75) is 26.8 Å². The summed E-state index contributed by atoms with van der Waals surface area (Å²) in [4.78, 5) is 8.78. The Labute approximate surface area is 138 Å². The van der Waals surface area contributed by atoms with Gasteiger partial charge in [0.05, 0.1) is 5.52 Å². The molecule has 0 bridgehead atoms. The van der Waals surface area contributed by atoms with Gasteiger partial charge >= 0.3 is 0 Å². The molecule has 0 aliphatic heterocycles. The minimum Gasteiger partial charge on any atom is -0.334 e. The van der Waals surface area contributed by atoms with E-state index >= 15 is 0 Å². The van der Waals surface area contributed by atoms with Gasteiger partial charge in [-0.15, -0.1) is 5.10 Å². The van der Waals surface area contributed by atoms with Crippen molar-refractivity contribution < 1.29 is 4.52 Å². The summed E-state index contributed by atoms with van der Waals surface area (Å²) in [5.74, 6) is 0.921. The van der Waals surface area contributed by atoms with Gasteiger partial charge in [-0.25, -0.2) is 4.68 Å². The molecule has 4 aromatic rings. The van der Waals surface area contributed by atoms with Crippen LogP contribution in [0.5, 0.6) is 0 Å². The van der Waals surface area contributed by atoms with Gasteiger partial charge in [0.2, 0.25) is 5.82 Å². The summed E-state index contributed by atoms with van der Waals surface area (Å²) in [5.41, 5.74) is 4.31. The van der Waals surface area contributed by atoms with E-state index in [1.54, 1.807) is 6.20 Å². The fourth-order valence-corrected chi connectivity index (χ4v) is 2.61. The largest absolute Gasteiger partial charge is 0.334 e. The second kappa shape index (κ2) is 5.52. The van der Waals surface area contributed by atoms with Crippen LogP contribution in [0.4, 0.5) is 0 Å². The number of benzene rings is 1. The fraction of sp³-hybridized carbons (Fsp3) is 0.235. The number of hydrogen-bond acceptors (Lipinski definition) is 6. The van der Waals surface area contributed by atoms with E-state index in [9.17, 15) is 0 Å². The van der Waals surface area contributed by atoms with Crippen molar-refractivity contribution in [3.8, 4) is 23.0 Å². The van der Waals surface area contributed by atoms with Gasteiger partial charge in [-0.2, -0.15) is 4.98 Å². The van der Waals surface area contributed by atoms with E-state index in [4.69, 9.17) is 4.52 Å². The predicted molar refractivity (Wildman–Crippen MR) is 89.2 cm³/mol. The van der Waals surface area contributed by atoms with Crippen LogP contribution in [0.2, 0.25) is 0 Å². The number of hydrogen-bond donors (Lipinski definition) is 0. The molecule has 3 aromatic heterocycles. The van der Waals surface area contributed by atoms with Crippen molar-refractivity contribution in [1.29, 1.82) is 0 Å². The molecule has 0 saturated heterocycles. The van der Waals surface area contributed by atoms with Crippen molar-refractivity contribution >= 4 is 11.0 Å². The van der Waals surface area contributed by atoms with Crippen LogP contribution >= 0.6 is 0 Å². The normalized spacial score (nSPS) is 11.5. The summed E-state index contributed by atoms with van der Waals surface area (Å²) in [5, 5.41) is 12.4. The van der Waals surface area contributed by atoms with Crippen molar-refractivity contribution in [2.75, 3.05) is 0 Å². The highest BCUT2D eigenvalue weighted by molar-refractivity contribution is 5.79. The standard InChI is InChI=1S/C17H16N6O/c1-10(2)23-14-7-6-12(9-13(14)20-22-23)17-19-16(21-24-17)15-11(3)5-4-8-18-15/h4-10H,1-3H3. The third-order valence-corrected chi connectivity index (χ3v) is 3.85. The molecule has 120 valence electrons. The fourth-order valence-electron chi connectivity index (χ4n) is 2.61. The third-order valence-electron chi connectivity index (χ3n) is 3.85. The number of aromatic nitrogens is 6. The summed E-state index contributed by atoms with van der Waals surface area (Å²) < 4.78 is 7.29. The van der Waals surface area contributed by atoms with Gasteiger partial charge in [0.1, 0.15) is 11.2 Å². The van der Waals surface area contributed by atoms with E-state index in [0.29, 0.717) is 11.7 Å². The third kappa shape index (κ3) is 2.34. The average Bonchev–Trinajstić information content (AvgIpc) is 3.21. The molecule has 0 N–H and O–H groups in total. The van der Waals surface area contributed by atoms with Crippen LogP contribution in [-0.2, 0) is 0 Å². The van der Waals surface area contributed by atoms with Crippen molar-refractivity contribution in [1.82, 2.24) is 30.1 Å². The van der Waals surface area contributed by atoms with Crippen LogP contribution < -0.4 is 0 Å². The smallest absolute Gasteiger partial charge is 0.258 e. The Hall–Kier alpha value is -3.09. The van der Waals surface area contributed by atoms with Gasteiger partial charge in [-0.05, 0) is 50.6 Å². The summed E-state index contributed by atoms with van der Waals surface area (Å²) in [6.45, 7) is 6.11. The summed E-state index contributed by atoms with van der Waals surface area (Å²) >= 11 is 0. The molecule has 0 fully saturated rings. The Kier molecular flexibility index (Phi) is 3.34. The molecule has 0 saturated carbocycles. The molecule has 3 heterocycles. The minimum atomic E-state index is 0.253. The van der Waals surface area contributed by atoms with E-state index < -0.39 is 0 Å². The zero-order chi connectivity index (χ0) is 16.7. The van der Waals surface area contributed by atoms with E-state index in [0.717, 1.165) is 27.9 Å². The van der Waals surface area contributed by atoms with Crippen molar-refractivity contribution in [3.63, 3.8) is 0 Å². The first-order chi connectivity index (χ1) is 11.6. The number of rotatable bonds is 3.